The number of carbonyl (C=O) groups is 1. The normalized spacial score (nSPS) is 10.1. The molecular weight excluding hydrogens is 293 g/mol. The lowest BCUT2D eigenvalue weighted by Crippen LogP contribution is -2.12. The average Bonchev–Trinajstić information content (AvgIpc) is 2.68. The number of rotatable bonds is 2. The molecule has 16 heavy (non-hydrogen) atoms. The van der Waals surface area contributed by atoms with Crippen LogP contribution in [0.5, 0.6) is 0 Å². The number of H-pyrrole nitrogens is 1. The van der Waals surface area contributed by atoms with E-state index in [0.29, 0.717) is 21.0 Å². The van der Waals surface area contributed by atoms with E-state index in [0.717, 1.165) is 0 Å². The van der Waals surface area contributed by atoms with Crippen LogP contribution in [0.25, 0.3) is 0 Å². The first-order chi connectivity index (χ1) is 7.65. The molecule has 2 aromatic heterocycles. The Kier molecular flexibility index (Phi) is 3.26. The zero-order valence-electron chi connectivity index (χ0n) is 8.00. The molecular formula is C10H7BrClN3O. The summed E-state index contributed by atoms with van der Waals surface area (Å²) in [6.07, 6.45) is 3.11. The Balaban J connectivity index is 2.10. The van der Waals surface area contributed by atoms with Gasteiger partial charge in [-0.15, -0.1) is 0 Å². The molecule has 0 aromatic carbocycles. The fourth-order valence-corrected chi connectivity index (χ4v) is 1.55. The zero-order chi connectivity index (χ0) is 11.5. The fraction of sp³-hybridized carbons (Fsp3) is 0. The van der Waals surface area contributed by atoms with Crippen LogP contribution in [0.15, 0.2) is 35.2 Å². The summed E-state index contributed by atoms with van der Waals surface area (Å²) in [5.74, 6) is -0.254. The van der Waals surface area contributed by atoms with Gasteiger partial charge in [-0.3, -0.25) is 4.79 Å². The van der Waals surface area contributed by atoms with Crippen molar-refractivity contribution in [1.29, 1.82) is 0 Å². The van der Waals surface area contributed by atoms with Crippen molar-refractivity contribution in [2.75, 3.05) is 5.32 Å². The van der Waals surface area contributed by atoms with Gasteiger partial charge in [-0.1, -0.05) is 11.6 Å². The van der Waals surface area contributed by atoms with Crippen LogP contribution in [-0.2, 0) is 0 Å². The van der Waals surface area contributed by atoms with E-state index in [1.54, 1.807) is 30.6 Å². The van der Waals surface area contributed by atoms with Gasteiger partial charge in [0.15, 0.2) is 0 Å². The van der Waals surface area contributed by atoms with Crippen LogP contribution in [0.4, 0.5) is 5.69 Å². The standard InChI is InChI=1S/C10H7BrClN3O/c11-9-2-1-7(5-14-9)15-10(16)8-3-6(12)4-13-8/h1-5,13H,(H,15,16). The van der Waals surface area contributed by atoms with Crippen molar-refractivity contribution in [2.45, 2.75) is 0 Å². The highest BCUT2D eigenvalue weighted by Gasteiger charge is 2.08. The lowest BCUT2D eigenvalue weighted by molar-refractivity contribution is 0.102. The van der Waals surface area contributed by atoms with Crippen molar-refractivity contribution in [3.05, 3.63) is 45.9 Å². The maximum absolute atomic E-state index is 11.7. The van der Waals surface area contributed by atoms with Gasteiger partial charge < -0.3 is 10.3 Å². The third-order valence-electron chi connectivity index (χ3n) is 1.88. The molecule has 0 saturated heterocycles. The molecule has 2 heterocycles. The average molecular weight is 301 g/mol. The number of aromatic nitrogens is 2. The van der Waals surface area contributed by atoms with Gasteiger partial charge in [0.2, 0.25) is 0 Å². The molecule has 2 rings (SSSR count). The van der Waals surface area contributed by atoms with Crippen LogP contribution in [0, 0.1) is 0 Å². The largest absolute Gasteiger partial charge is 0.356 e. The predicted octanol–water partition coefficient (Wildman–Crippen LogP) is 3.08. The molecule has 0 radical (unpaired) electrons. The summed E-state index contributed by atoms with van der Waals surface area (Å²) in [5.41, 5.74) is 1.03. The maximum atomic E-state index is 11.7. The van der Waals surface area contributed by atoms with E-state index in [1.807, 2.05) is 0 Å². The minimum Gasteiger partial charge on any atom is -0.356 e. The molecule has 4 nitrogen and oxygen atoms in total. The van der Waals surface area contributed by atoms with Gasteiger partial charge in [0.25, 0.3) is 5.91 Å². The second kappa shape index (κ2) is 4.67. The smallest absolute Gasteiger partial charge is 0.272 e. The van der Waals surface area contributed by atoms with Gasteiger partial charge >= 0.3 is 0 Å². The maximum Gasteiger partial charge on any atom is 0.272 e. The van der Waals surface area contributed by atoms with Gasteiger partial charge in [-0.25, -0.2) is 4.98 Å². The van der Waals surface area contributed by atoms with Gasteiger partial charge in [-0.05, 0) is 34.1 Å². The molecule has 0 spiro atoms. The number of hydrogen-bond donors (Lipinski definition) is 2. The number of anilines is 1. The van der Waals surface area contributed by atoms with Crippen molar-refractivity contribution < 1.29 is 4.79 Å². The van der Waals surface area contributed by atoms with E-state index in [9.17, 15) is 4.79 Å². The van der Waals surface area contributed by atoms with Crippen molar-refractivity contribution >= 4 is 39.1 Å². The molecule has 2 aromatic rings. The Hall–Kier alpha value is -1.33. The third-order valence-corrected chi connectivity index (χ3v) is 2.56. The number of hydrogen-bond acceptors (Lipinski definition) is 2. The number of nitrogens with zero attached hydrogens (tertiary/aromatic N) is 1. The lowest BCUT2D eigenvalue weighted by Gasteiger charge is -2.02. The summed E-state index contributed by atoms with van der Waals surface area (Å²) < 4.78 is 0.716. The summed E-state index contributed by atoms with van der Waals surface area (Å²) >= 11 is 8.91. The molecule has 1 amide bonds. The molecule has 0 fully saturated rings. The summed E-state index contributed by atoms with van der Waals surface area (Å²) in [7, 11) is 0. The first-order valence-electron chi connectivity index (χ1n) is 4.42. The Morgan fingerprint density at radius 1 is 1.50 bits per heavy atom. The van der Waals surface area contributed by atoms with Gasteiger partial charge in [0.1, 0.15) is 10.3 Å². The molecule has 0 unspecified atom stereocenters. The number of halogens is 2. The SMILES string of the molecule is O=C(Nc1ccc(Br)nc1)c1cc(Cl)c[nH]1. The Labute approximate surface area is 105 Å². The second-order valence-corrected chi connectivity index (χ2v) is 4.30. The quantitative estimate of drug-likeness (QED) is 0.837. The first kappa shape index (κ1) is 11.2. The third kappa shape index (κ3) is 2.62. The van der Waals surface area contributed by atoms with E-state index in [1.165, 1.54) is 0 Å². The number of aromatic amines is 1. The molecule has 0 aliphatic rings. The molecule has 0 aliphatic heterocycles. The predicted molar refractivity (Wildman–Crippen MR) is 65.7 cm³/mol. The molecule has 0 atom stereocenters. The minimum absolute atomic E-state index is 0.254. The summed E-state index contributed by atoms with van der Waals surface area (Å²) in [5, 5.41) is 3.19. The summed E-state index contributed by atoms with van der Waals surface area (Å²) in [6.45, 7) is 0. The number of pyridine rings is 1. The topological polar surface area (TPSA) is 57.8 Å². The number of carbonyl (C=O) groups excluding carboxylic acids is 1. The van der Waals surface area contributed by atoms with Gasteiger partial charge in [-0.2, -0.15) is 0 Å². The van der Waals surface area contributed by atoms with E-state index in [4.69, 9.17) is 11.6 Å². The minimum atomic E-state index is -0.254. The summed E-state index contributed by atoms with van der Waals surface area (Å²) in [4.78, 5) is 18.4. The highest BCUT2D eigenvalue weighted by molar-refractivity contribution is 9.10. The van der Waals surface area contributed by atoms with Crippen LogP contribution in [0.2, 0.25) is 5.02 Å². The zero-order valence-corrected chi connectivity index (χ0v) is 10.3. The monoisotopic (exact) mass is 299 g/mol. The molecule has 82 valence electrons. The highest BCUT2D eigenvalue weighted by atomic mass is 79.9. The second-order valence-electron chi connectivity index (χ2n) is 3.06. The van der Waals surface area contributed by atoms with Crippen LogP contribution >= 0.6 is 27.5 Å². The van der Waals surface area contributed by atoms with E-state index in [2.05, 4.69) is 31.2 Å². The number of nitrogens with one attached hydrogen (secondary N) is 2. The Morgan fingerprint density at radius 3 is 2.88 bits per heavy atom. The van der Waals surface area contributed by atoms with Crippen molar-refractivity contribution in [2.24, 2.45) is 0 Å². The lowest BCUT2D eigenvalue weighted by atomic mass is 10.3. The molecule has 0 saturated carbocycles. The summed E-state index contributed by atoms with van der Waals surface area (Å²) in [6, 6.07) is 5.06. The van der Waals surface area contributed by atoms with Crippen molar-refractivity contribution in [1.82, 2.24) is 9.97 Å². The van der Waals surface area contributed by atoms with Crippen LogP contribution < -0.4 is 5.32 Å². The van der Waals surface area contributed by atoms with E-state index in [-0.39, 0.29) is 5.91 Å². The molecule has 0 aliphatic carbocycles. The van der Waals surface area contributed by atoms with E-state index >= 15 is 0 Å². The molecule has 0 bridgehead atoms. The first-order valence-corrected chi connectivity index (χ1v) is 5.59. The fourth-order valence-electron chi connectivity index (χ4n) is 1.15. The highest BCUT2D eigenvalue weighted by Crippen LogP contribution is 2.13. The van der Waals surface area contributed by atoms with Gasteiger partial charge in [0, 0.05) is 6.20 Å². The van der Waals surface area contributed by atoms with Crippen LogP contribution in [-0.4, -0.2) is 15.9 Å². The van der Waals surface area contributed by atoms with E-state index < -0.39 is 0 Å². The number of amides is 1. The molecule has 2 N–H and O–H groups in total. The van der Waals surface area contributed by atoms with Crippen LogP contribution in [0.1, 0.15) is 10.5 Å². The van der Waals surface area contributed by atoms with Gasteiger partial charge in [0.05, 0.1) is 16.9 Å². The van der Waals surface area contributed by atoms with Crippen molar-refractivity contribution in [3.8, 4) is 0 Å². The Bertz CT molecular complexity index is 509. The Morgan fingerprint density at radius 2 is 2.31 bits per heavy atom. The molecule has 6 heteroatoms. The van der Waals surface area contributed by atoms with Crippen molar-refractivity contribution in [3.63, 3.8) is 0 Å². The van der Waals surface area contributed by atoms with Crippen LogP contribution in [0.3, 0.4) is 0 Å².